The van der Waals surface area contributed by atoms with Crippen LogP contribution in [0.25, 0.3) is 11.1 Å². The van der Waals surface area contributed by atoms with Crippen LogP contribution in [0.3, 0.4) is 0 Å². The monoisotopic (exact) mass is 417 g/mol. The molecule has 0 radical (unpaired) electrons. The fourth-order valence-electron chi connectivity index (χ4n) is 4.70. The summed E-state index contributed by atoms with van der Waals surface area (Å²) in [6.07, 6.45) is 4.68. The van der Waals surface area contributed by atoms with Crippen molar-refractivity contribution >= 4 is 17.6 Å². The largest absolute Gasteiger partial charge is 0.442 e. The predicted molar refractivity (Wildman–Crippen MR) is 114 cm³/mol. The molecular weight excluding hydrogens is 394 g/mol. The number of cyclic esters (lactones) is 1. The Labute approximate surface area is 179 Å². The van der Waals surface area contributed by atoms with Gasteiger partial charge < -0.3 is 15.4 Å². The minimum absolute atomic E-state index is 0.253. The van der Waals surface area contributed by atoms with E-state index in [9.17, 15) is 4.79 Å². The lowest BCUT2D eigenvalue weighted by molar-refractivity contribution is 0.129. The zero-order chi connectivity index (χ0) is 20.9. The number of anilines is 2. The van der Waals surface area contributed by atoms with Gasteiger partial charge in [0, 0.05) is 42.8 Å². The number of amides is 1. The van der Waals surface area contributed by atoms with Crippen molar-refractivity contribution in [3.63, 3.8) is 0 Å². The molecule has 3 aromatic rings. The quantitative estimate of drug-likeness (QED) is 0.675. The van der Waals surface area contributed by atoms with Gasteiger partial charge in [-0.2, -0.15) is 0 Å². The molecule has 1 aliphatic carbocycles. The second-order valence-corrected chi connectivity index (χ2v) is 8.50. The molecule has 0 bridgehead atoms. The van der Waals surface area contributed by atoms with Crippen molar-refractivity contribution < 1.29 is 9.53 Å². The Balaban J connectivity index is 1.12. The standard InChI is InChI=1S/C22H23N7O2/c23-21-18-12-27(13-19(18)21)20-6-3-15(9-24-20)14-1-4-16(5-2-14)29-11-17(31-22(29)30)10-28-8-7-25-26-28/h1-9,17-19,21H,10-13,23H2/t17-,18?,19?,21?/m0/s1. The van der Waals surface area contributed by atoms with Crippen molar-refractivity contribution in [3.05, 3.63) is 55.0 Å². The Kier molecular flexibility index (Phi) is 4.17. The van der Waals surface area contributed by atoms with Crippen LogP contribution in [-0.2, 0) is 11.3 Å². The number of aromatic nitrogens is 4. The Bertz CT molecular complexity index is 1070. The highest BCUT2D eigenvalue weighted by atomic mass is 16.6. The van der Waals surface area contributed by atoms with Crippen LogP contribution in [0.4, 0.5) is 16.3 Å². The number of benzene rings is 1. The summed E-state index contributed by atoms with van der Waals surface area (Å²) in [6, 6.07) is 12.5. The van der Waals surface area contributed by atoms with Gasteiger partial charge >= 0.3 is 6.09 Å². The molecular formula is C22H23N7O2. The number of piperidine rings is 1. The maximum absolute atomic E-state index is 12.3. The van der Waals surface area contributed by atoms with Crippen LogP contribution in [0.1, 0.15) is 0 Å². The third kappa shape index (κ3) is 3.31. The minimum atomic E-state index is -0.340. The second kappa shape index (κ2) is 7.05. The smallest absolute Gasteiger partial charge is 0.414 e. The summed E-state index contributed by atoms with van der Waals surface area (Å²) >= 11 is 0. The molecule has 2 aliphatic heterocycles. The van der Waals surface area contributed by atoms with Crippen molar-refractivity contribution in [3.8, 4) is 11.1 Å². The number of hydrogen-bond donors (Lipinski definition) is 1. The zero-order valence-electron chi connectivity index (χ0n) is 16.9. The van der Waals surface area contributed by atoms with Crippen LogP contribution in [0, 0.1) is 11.8 Å². The first kappa shape index (κ1) is 18.3. The van der Waals surface area contributed by atoms with E-state index in [-0.39, 0.29) is 12.2 Å². The van der Waals surface area contributed by atoms with Crippen LogP contribution in [-0.4, -0.2) is 57.9 Å². The van der Waals surface area contributed by atoms with Gasteiger partial charge in [-0.3, -0.25) is 4.90 Å². The van der Waals surface area contributed by atoms with Gasteiger partial charge in [0.1, 0.15) is 11.9 Å². The third-order valence-corrected chi connectivity index (χ3v) is 6.58. The number of fused-ring (bicyclic) bond motifs is 1. The van der Waals surface area contributed by atoms with E-state index in [2.05, 4.69) is 32.3 Å². The minimum Gasteiger partial charge on any atom is -0.442 e. The van der Waals surface area contributed by atoms with Crippen LogP contribution >= 0.6 is 0 Å². The number of carbonyl (C=O) groups is 1. The molecule has 158 valence electrons. The Hall–Kier alpha value is -3.46. The molecule has 1 saturated carbocycles. The molecule has 6 rings (SSSR count). The Morgan fingerprint density at radius 2 is 1.81 bits per heavy atom. The maximum Gasteiger partial charge on any atom is 0.414 e. The first-order valence-corrected chi connectivity index (χ1v) is 10.5. The van der Waals surface area contributed by atoms with Gasteiger partial charge in [-0.05, 0) is 41.7 Å². The van der Waals surface area contributed by atoms with E-state index in [0.29, 0.717) is 31.0 Å². The van der Waals surface area contributed by atoms with Crippen molar-refractivity contribution in [2.24, 2.45) is 17.6 Å². The van der Waals surface area contributed by atoms with Gasteiger partial charge in [-0.1, -0.05) is 17.3 Å². The van der Waals surface area contributed by atoms with Gasteiger partial charge in [-0.15, -0.1) is 5.10 Å². The molecule has 9 heteroatoms. The number of rotatable bonds is 5. The lowest BCUT2D eigenvalue weighted by Crippen LogP contribution is -2.28. The van der Waals surface area contributed by atoms with Gasteiger partial charge in [0.25, 0.3) is 0 Å². The fraction of sp³-hybridized carbons (Fsp3) is 0.364. The Morgan fingerprint density at radius 3 is 2.48 bits per heavy atom. The molecule has 1 amide bonds. The van der Waals surface area contributed by atoms with E-state index in [0.717, 1.165) is 35.7 Å². The number of ether oxygens (including phenoxy) is 1. The molecule has 2 aromatic heterocycles. The molecule has 3 aliphatic rings. The summed E-state index contributed by atoms with van der Waals surface area (Å²) in [5.41, 5.74) is 8.94. The fourth-order valence-corrected chi connectivity index (χ4v) is 4.70. The second-order valence-electron chi connectivity index (χ2n) is 8.50. The molecule has 3 fully saturated rings. The van der Waals surface area contributed by atoms with Crippen LogP contribution < -0.4 is 15.5 Å². The summed E-state index contributed by atoms with van der Waals surface area (Å²) < 4.78 is 7.14. The SMILES string of the molecule is NC1C2CN(c3ccc(-c4ccc(N5C[C@H](Cn6ccnn6)OC5=O)cc4)cn3)CC12. The number of nitrogens with two attached hydrogens (primary N) is 1. The number of carbonyl (C=O) groups excluding carboxylic acids is 1. The summed E-state index contributed by atoms with van der Waals surface area (Å²) in [4.78, 5) is 20.9. The first-order valence-electron chi connectivity index (χ1n) is 10.5. The highest BCUT2D eigenvalue weighted by molar-refractivity contribution is 5.90. The summed E-state index contributed by atoms with van der Waals surface area (Å²) in [5, 5.41) is 7.71. The molecule has 0 spiro atoms. The predicted octanol–water partition coefficient (Wildman–Crippen LogP) is 1.76. The molecule has 1 aromatic carbocycles. The molecule has 3 atom stereocenters. The van der Waals surface area contributed by atoms with Crippen LogP contribution in [0.5, 0.6) is 0 Å². The zero-order valence-corrected chi connectivity index (χ0v) is 16.9. The van der Waals surface area contributed by atoms with Gasteiger partial charge in [0.2, 0.25) is 0 Å². The highest BCUT2D eigenvalue weighted by Crippen LogP contribution is 2.44. The topological polar surface area (TPSA) is 102 Å². The molecule has 31 heavy (non-hydrogen) atoms. The van der Waals surface area contributed by atoms with E-state index in [4.69, 9.17) is 10.5 Å². The molecule has 2 N–H and O–H groups in total. The maximum atomic E-state index is 12.3. The lowest BCUT2D eigenvalue weighted by atomic mass is 10.1. The number of pyridine rings is 1. The first-order chi connectivity index (χ1) is 15.2. The highest BCUT2D eigenvalue weighted by Gasteiger charge is 2.53. The average molecular weight is 417 g/mol. The Morgan fingerprint density at radius 1 is 1.03 bits per heavy atom. The van der Waals surface area contributed by atoms with E-state index in [1.165, 1.54) is 0 Å². The van der Waals surface area contributed by atoms with Gasteiger partial charge in [0.15, 0.2) is 0 Å². The number of hydrogen-bond acceptors (Lipinski definition) is 7. The van der Waals surface area contributed by atoms with Crippen LogP contribution in [0.15, 0.2) is 55.0 Å². The molecule has 2 saturated heterocycles. The normalized spacial score (nSPS) is 26.8. The van der Waals surface area contributed by atoms with E-state index >= 15 is 0 Å². The van der Waals surface area contributed by atoms with Gasteiger partial charge in [0.05, 0.1) is 19.3 Å². The number of nitrogens with zero attached hydrogens (tertiary/aromatic N) is 6. The van der Waals surface area contributed by atoms with Crippen molar-refractivity contribution in [1.29, 1.82) is 0 Å². The van der Waals surface area contributed by atoms with Crippen molar-refractivity contribution in [1.82, 2.24) is 20.0 Å². The summed E-state index contributed by atoms with van der Waals surface area (Å²) in [7, 11) is 0. The van der Waals surface area contributed by atoms with Crippen molar-refractivity contribution in [2.75, 3.05) is 29.4 Å². The molecule has 4 heterocycles. The van der Waals surface area contributed by atoms with Gasteiger partial charge in [-0.25, -0.2) is 14.5 Å². The van der Waals surface area contributed by atoms with E-state index in [1.54, 1.807) is 22.0 Å². The summed E-state index contributed by atoms with van der Waals surface area (Å²) in [6.45, 7) is 2.99. The summed E-state index contributed by atoms with van der Waals surface area (Å²) in [5.74, 6) is 2.29. The van der Waals surface area contributed by atoms with Crippen LogP contribution in [0.2, 0.25) is 0 Å². The lowest BCUT2D eigenvalue weighted by Gasteiger charge is -2.20. The molecule has 9 nitrogen and oxygen atoms in total. The van der Waals surface area contributed by atoms with E-state index in [1.807, 2.05) is 30.5 Å². The third-order valence-electron chi connectivity index (χ3n) is 6.58. The molecule has 2 unspecified atom stereocenters. The van der Waals surface area contributed by atoms with E-state index < -0.39 is 0 Å². The van der Waals surface area contributed by atoms with Crippen molar-refractivity contribution in [2.45, 2.75) is 18.7 Å². The average Bonchev–Trinajstić information content (AvgIpc) is 3.30.